The maximum Gasteiger partial charge on any atom is 0.0713 e. The van der Waals surface area contributed by atoms with Crippen molar-refractivity contribution in [2.75, 3.05) is 13.7 Å². The fourth-order valence-corrected chi connectivity index (χ4v) is 2.85. The number of methoxy groups -OCH3 is 1. The van der Waals surface area contributed by atoms with Crippen molar-refractivity contribution in [1.29, 1.82) is 0 Å². The molecule has 0 bridgehead atoms. The number of rotatable bonds is 6. The minimum absolute atomic E-state index is 0.702. The van der Waals surface area contributed by atoms with E-state index in [0.717, 1.165) is 18.4 Å². The van der Waals surface area contributed by atoms with Crippen LogP contribution in [0.2, 0.25) is 0 Å². The van der Waals surface area contributed by atoms with E-state index in [1.54, 1.807) is 7.11 Å². The normalized spacial score (nSPS) is 23.4. The van der Waals surface area contributed by atoms with Gasteiger partial charge in [0.2, 0.25) is 0 Å². The molecule has 2 unspecified atom stereocenters. The molecule has 0 amide bonds. The molecule has 0 radical (unpaired) electrons. The highest BCUT2D eigenvalue weighted by atomic mass is 16.5. The van der Waals surface area contributed by atoms with Gasteiger partial charge in [-0.3, -0.25) is 0 Å². The first kappa shape index (κ1) is 13.6. The Labute approximate surface area is 111 Å². The lowest BCUT2D eigenvalue weighted by Gasteiger charge is -2.16. The fraction of sp³-hybridized carbons (Fsp3) is 0.625. The predicted octanol–water partition coefficient (Wildman–Crippen LogP) is 3.36. The van der Waals surface area contributed by atoms with E-state index in [-0.39, 0.29) is 0 Å². The molecular weight excluding hydrogens is 222 g/mol. The molecule has 2 atom stereocenters. The van der Waals surface area contributed by atoms with Crippen molar-refractivity contribution >= 4 is 0 Å². The molecule has 1 aliphatic rings. The molecule has 1 N–H and O–H groups in total. The van der Waals surface area contributed by atoms with Crippen molar-refractivity contribution in [3.05, 3.63) is 35.4 Å². The van der Waals surface area contributed by atoms with Crippen molar-refractivity contribution in [3.63, 3.8) is 0 Å². The van der Waals surface area contributed by atoms with Gasteiger partial charge in [-0.05, 0) is 35.9 Å². The summed E-state index contributed by atoms with van der Waals surface area (Å²) in [7, 11) is 1.73. The zero-order valence-corrected chi connectivity index (χ0v) is 11.6. The third-order valence-electron chi connectivity index (χ3n) is 4.11. The molecule has 2 rings (SSSR count). The second-order valence-corrected chi connectivity index (χ2v) is 5.55. The SMILES string of the molecule is COCc1ccc(CNCC2CCCC2C)cc1. The number of benzene rings is 1. The van der Waals surface area contributed by atoms with Gasteiger partial charge in [0.25, 0.3) is 0 Å². The highest BCUT2D eigenvalue weighted by molar-refractivity contribution is 5.21. The van der Waals surface area contributed by atoms with Gasteiger partial charge in [-0.15, -0.1) is 0 Å². The summed E-state index contributed by atoms with van der Waals surface area (Å²) in [5.41, 5.74) is 2.60. The van der Waals surface area contributed by atoms with Gasteiger partial charge in [0.1, 0.15) is 0 Å². The first-order valence-corrected chi connectivity index (χ1v) is 7.07. The molecule has 0 saturated heterocycles. The van der Waals surface area contributed by atoms with E-state index in [9.17, 15) is 0 Å². The van der Waals surface area contributed by atoms with Crippen LogP contribution in [0.5, 0.6) is 0 Å². The van der Waals surface area contributed by atoms with E-state index in [4.69, 9.17) is 4.74 Å². The Hall–Kier alpha value is -0.860. The van der Waals surface area contributed by atoms with Crippen LogP contribution in [0.1, 0.15) is 37.3 Å². The average Bonchev–Trinajstić information content (AvgIpc) is 2.78. The summed E-state index contributed by atoms with van der Waals surface area (Å²) in [6.07, 6.45) is 4.23. The number of hydrogen-bond acceptors (Lipinski definition) is 2. The zero-order chi connectivity index (χ0) is 12.8. The highest BCUT2D eigenvalue weighted by Crippen LogP contribution is 2.30. The highest BCUT2D eigenvalue weighted by Gasteiger charge is 2.22. The summed E-state index contributed by atoms with van der Waals surface area (Å²) in [5, 5.41) is 3.59. The van der Waals surface area contributed by atoms with Gasteiger partial charge < -0.3 is 10.1 Å². The Morgan fingerprint density at radius 1 is 1.17 bits per heavy atom. The molecule has 0 aliphatic heterocycles. The van der Waals surface area contributed by atoms with Crippen LogP contribution in [-0.4, -0.2) is 13.7 Å². The van der Waals surface area contributed by atoms with E-state index < -0.39 is 0 Å². The first-order chi connectivity index (χ1) is 8.79. The molecule has 1 fully saturated rings. The molecular formula is C16H25NO. The summed E-state index contributed by atoms with van der Waals surface area (Å²) < 4.78 is 5.11. The van der Waals surface area contributed by atoms with E-state index in [1.807, 2.05) is 0 Å². The third kappa shape index (κ3) is 3.82. The van der Waals surface area contributed by atoms with Crippen LogP contribution in [-0.2, 0) is 17.9 Å². The number of nitrogens with one attached hydrogen (secondary N) is 1. The van der Waals surface area contributed by atoms with Crippen molar-refractivity contribution in [1.82, 2.24) is 5.32 Å². The van der Waals surface area contributed by atoms with E-state index in [2.05, 4.69) is 36.5 Å². The number of ether oxygens (including phenoxy) is 1. The molecule has 2 heteroatoms. The minimum Gasteiger partial charge on any atom is -0.380 e. The fourth-order valence-electron chi connectivity index (χ4n) is 2.85. The molecule has 1 aromatic carbocycles. The second-order valence-electron chi connectivity index (χ2n) is 5.55. The van der Waals surface area contributed by atoms with Gasteiger partial charge >= 0.3 is 0 Å². The van der Waals surface area contributed by atoms with Crippen LogP contribution in [0.25, 0.3) is 0 Å². The lowest BCUT2D eigenvalue weighted by molar-refractivity contribution is 0.185. The van der Waals surface area contributed by atoms with Gasteiger partial charge in [-0.1, -0.05) is 44.0 Å². The molecule has 0 heterocycles. The standard InChI is InChI=1S/C16H25NO/c1-13-4-3-5-16(13)11-17-10-14-6-8-15(9-7-14)12-18-2/h6-9,13,16-17H,3-5,10-12H2,1-2H3. The zero-order valence-electron chi connectivity index (χ0n) is 11.6. The molecule has 0 spiro atoms. The van der Waals surface area contributed by atoms with Crippen LogP contribution in [0.15, 0.2) is 24.3 Å². The Bertz CT molecular complexity index is 347. The van der Waals surface area contributed by atoms with Gasteiger partial charge in [0.15, 0.2) is 0 Å². The Kier molecular flexibility index (Phi) is 5.21. The molecule has 2 nitrogen and oxygen atoms in total. The van der Waals surface area contributed by atoms with E-state index in [1.165, 1.54) is 36.9 Å². The Morgan fingerprint density at radius 3 is 2.50 bits per heavy atom. The van der Waals surface area contributed by atoms with E-state index >= 15 is 0 Å². The lowest BCUT2D eigenvalue weighted by atomic mass is 9.98. The maximum atomic E-state index is 5.11. The van der Waals surface area contributed by atoms with Crippen molar-refractivity contribution < 1.29 is 4.74 Å². The van der Waals surface area contributed by atoms with Crippen molar-refractivity contribution in [3.8, 4) is 0 Å². The van der Waals surface area contributed by atoms with Crippen molar-refractivity contribution in [2.24, 2.45) is 11.8 Å². The lowest BCUT2D eigenvalue weighted by Crippen LogP contribution is -2.23. The van der Waals surface area contributed by atoms with Gasteiger partial charge in [-0.25, -0.2) is 0 Å². The predicted molar refractivity (Wildman–Crippen MR) is 75.4 cm³/mol. The molecule has 100 valence electrons. The molecule has 1 saturated carbocycles. The molecule has 0 aromatic heterocycles. The Balaban J connectivity index is 1.72. The van der Waals surface area contributed by atoms with Crippen LogP contribution >= 0.6 is 0 Å². The van der Waals surface area contributed by atoms with Crippen molar-refractivity contribution in [2.45, 2.75) is 39.3 Å². The van der Waals surface area contributed by atoms with Gasteiger partial charge in [0, 0.05) is 13.7 Å². The quantitative estimate of drug-likeness (QED) is 0.832. The summed E-state index contributed by atoms with van der Waals surface area (Å²) >= 11 is 0. The average molecular weight is 247 g/mol. The third-order valence-corrected chi connectivity index (χ3v) is 4.11. The van der Waals surface area contributed by atoms with Crippen LogP contribution in [0, 0.1) is 11.8 Å². The minimum atomic E-state index is 0.702. The van der Waals surface area contributed by atoms with Crippen LogP contribution < -0.4 is 5.32 Å². The van der Waals surface area contributed by atoms with Crippen LogP contribution in [0.3, 0.4) is 0 Å². The molecule has 1 aliphatic carbocycles. The summed E-state index contributed by atoms with van der Waals surface area (Å²) in [5.74, 6) is 1.79. The van der Waals surface area contributed by atoms with Crippen LogP contribution in [0.4, 0.5) is 0 Å². The second kappa shape index (κ2) is 6.91. The topological polar surface area (TPSA) is 21.3 Å². The summed E-state index contributed by atoms with van der Waals surface area (Å²) in [6.45, 7) is 5.24. The monoisotopic (exact) mass is 247 g/mol. The summed E-state index contributed by atoms with van der Waals surface area (Å²) in [6, 6.07) is 8.69. The largest absolute Gasteiger partial charge is 0.380 e. The molecule has 1 aromatic rings. The smallest absolute Gasteiger partial charge is 0.0713 e. The van der Waals surface area contributed by atoms with Gasteiger partial charge in [-0.2, -0.15) is 0 Å². The number of hydrogen-bond donors (Lipinski definition) is 1. The van der Waals surface area contributed by atoms with E-state index in [0.29, 0.717) is 6.61 Å². The molecule has 18 heavy (non-hydrogen) atoms. The first-order valence-electron chi connectivity index (χ1n) is 7.07. The van der Waals surface area contributed by atoms with Gasteiger partial charge in [0.05, 0.1) is 6.61 Å². The Morgan fingerprint density at radius 2 is 1.89 bits per heavy atom. The maximum absolute atomic E-state index is 5.11. The summed E-state index contributed by atoms with van der Waals surface area (Å²) in [4.78, 5) is 0.